The molecule has 0 spiro atoms. The summed E-state index contributed by atoms with van der Waals surface area (Å²) in [6, 6.07) is 15.0. The molecule has 1 amide bonds. The molecule has 0 radical (unpaired) electrons. The number of ether oxygens (including phenoxy) is 2. The van der Waals surface area contributed by atoms with E-state index in [1.165, 1.54) is 0 Å². The van der Waals surface area contributed by atoms with Crippen LogP contribution in [0.2, 0.25) is 5.02 Å². The van der Waals surface area contributed by atoms with Gasteiger partial charge in [-0.2, -0.15) is 0 Å². The van der Waals surface area contributed by atoms with Crippen LogP contribution in [0.4, 0.5) is 0 Å². The van der Waals surface area contributed by atoms with Gasteiger partial charge in [-0.3, -0.25) is 4.79 Å². The summed E-state index contributed by atoms with van der Waals surface area (Å²) in [6.07, 6.45) is 0.328. The van der Waals surface area contributed by atoms with Crippen LogP contribution in [0.5, 0.6) is 11.5 Å². The Hall–Kier alpha value is -2.24. The molecule has 0 bridgehead atoms. The molecular weight excluding hydrogens is 352 g/mol. The van der Waals surface area contributed by atoms with Crippen LogP contribution in [0.15, 0.2) is 48.5 Å². The van der Waals surface area contributed by atoms with Crippen molar-refractivity contribution in [2.75, 3.05) is 33.4 Å². The average Bonchev–Trinajstić information content (AvgIpc) is 2.69. The zero-order valence-electron chi connectivity index (χ0n) is 14.8. The monoisotopic (exact) mass is 374 g/mol. The number of nitrogens with one attached hydrogen (secondary N) is 1. The van der Waals surface area contributed by atoms with Crippen LogP contribution in [0.25, 0.3) is 0 Å². The molecule has 3 rings (SSSR count). The third-order valence-electron chi connectivity index (χ3n) is 4.46. The Morgan fingerprint density at radius 2 is 2.00 bits per heavy atom. The van der Waals surface area contributed by atoms with Crippen LogP contribution in [-0.2, 0) is 4.79 Å². The highest BCUT2D eigenvalue weighted by Gasteiger charge is 2.29. The van der Waals surface area contributed by atoms with Crippen LogP contribution in [0.1, 0.15) is 18.0 Å². The highest BCUT2D eigenvalue weighted by Crippen LogP contribution is 2.30. The molecule has 2 aromatic rings. The lowest BCUT2D eigenvalue weighted by Crippen LogP contribution is -2.49. The molecule has 1 unspecified atom stereocenters. The Labute approximate surface area is 158 Å². The van der Waals surface area contributed by atoms with Gasteiger partial charge in [0, 0.05) is 30.2 Å². The van der Waals surface area contributed by atoms with Crippen molar-refractivity contribution in [3.05, 3.63) is 59.1 Å². The Bertz CT molecular complexity index is 736. The molecule has 6 heteroatoms. The van der Waals surface area contributed by atoms with Crippen molar-refractivity contribution in [2.24, 2.45) is 0 Å². The molecule has 1 aliphatic rings. The van der Waals surface area contributed by atoms with Crippen molar-refractivity contribution >= 4 is 17.5 Å². The van der Waals surface area contributed by atoms with Crippen molar-refractivity contribution in [3.63, 3.8) is 0 Å². The van der Waals surface area contributed by atoms with Gasteiger partial charge < -0.3 is 19.7 Å². The Kier molecular flexibility index (Phi) is 6.36. The minimum absolute atomic E-state index is 0.0390. The largest absolute Gasteiger partial charge is 0.496 e. The molecular formula is C20H23ClN2O3. The van der Waals surface area contributed by atoms with E-state index in [1.54, 1.807) is 31.4 Å². The molecule has 26 heavy (non-hydrogen) atoms. The SMILES string of the molecule is COc1ccccc1C1CNCCN1C(=O)CCOc1ccc(Cl)cc1. The summed E-state index contributed by atoms with van der Waals surface area (Å²) < 4.78 is 11.1. The molecule has 5 nitrogen and oxygen atoms in total. The molecule has 1 heterocycles. The zero-order chi connectivity index (χ0) is 18.4. The molecule has 1 saturated heterocycles. The highest BCUT2D eigenvalue weighted by atomic mass is 35.5. The van der Waals surface area contributed by atoms with E-state index in [-0.39, 0.29) is 11.9 Å². The molecule has 0 aliphatic carbocycles. The fourth-order valence-corrected chi connectivity index (χ4v) is 3.28. The number of amides is 1. The first-order valence-electron chi connectivity index (χ1n) is 8.70. The van der Waals surface area contributed by atoms with Crippen molar-refractivity contribution in [2.45, 2.75) is 12.5 Å². The molecule has 0 saturated carbocycles. The summed E-state index contributed by atoms with van der Waals surface area (Å²) in [7, 11) is 1.65. The van der Waals surface area contributed by atoms with Gasteiger partial charge in [0.2, 0.25) is 5.91 Å². The van der Waals surface area contributed by atoms with Crippen molar-refractivity contribution in [3.8, 4) is 11.5 Å². The number of para-hydroxylation sites is 1. The number of piperazine rings is 1. The van der Waals surface area contributed by atoms with Crippen LogP contribution in [0, 0.1) is 0 Å². The number of benzene rings is 2. The lowest BCUT2D eigenvalue weighted by molar-refractivity contribution is -0.135. The number of methoxy groups -OCH3 is 1. The van der Waals surface area contributed by atoms with Gasteiger partial charge >= 0.3 is 0 Å². The summed E-state index contributed by atoms with van der Waals surface area (Å²) in [4.78, 5) is 14.7. The third-order valence-corrected chi connectivity index (χ3v) is 4.71. The van der Waals surface area contributed by atoms with Crippen molar-refractivity contribution in [1.82, 2.24) is 10.2 Å². The standard InChI is InChI=1S/C20H23ClN2O3/c1-25-19-5-3-2-4-17(19)18-14-22-11-12-23(18)20(24)10-13-26-16-8-6-15(21)7-9-16/h2-9,18,22H,10-14H2,1H3. The summed E-state index contributed by atoms with van der Waals surface area (Å²) >= 11 is 5.86. The number of halogens is 1. The fraction of sp³-hybridized carbons (Fsp3) is 0.350. The van der Waals surface area contributed by atoms with Crippen LogP contribution in [0.3, 0.4) is 0 Å². The summed E-state index contributed by atoms with van der Waals surface area (Å²) in [5.41, 5.74) is 1.02. The quantitative estimate of drug-likeness (QED) is 0.843. The van der Waals surface area contributed by atoms with E-state index in [0.717, 1.165) is 17.9 Å². The lowest BCUT2D eigenvalue weighted by Gasteiger charge is -2.37. The molecule has 1 fully saturated rings. The number of carbonyl (C=O) groups excluding carboxylic acids is 1. The number of hydrogen-bond donors (Lipinski definition) is 1. The van der Waals surface area contributed by atoms with E-state index in [4.69, 9.17) is 21.1 Å². The van der Waals surface area contributed by atoms with Gasteiger partial charge in [0.15, 0.2) is 0 Å². The van der Waals surface area contributed by atoms with E-state index in [9.17, 15) is 4.79 Å². The second-order valence-corrected chi connectivity index (χ2v) is 6.54. The maximum absolute atomic E-state index is 12.8. The number of carbonyl (C=O) groups is 1. The van der Waals surface area contributed by atoms with Crippen LogP contribution < -0.4 is 14.8 Å². The Balaban J connectivity index is 1.63. The smallest absolute Gasteiger partial charge is 0.226 e. The van der Waals surface area contributed by atoms with Gasteiger partial charge in [0.05, 0.1) is 26.2 Å². The second-order valence-electron chi connectivity index (χ2n) is 6.10. The van der Waals surface area contributed by atoms with Crippen molar-refractivity contribution in [1.29, 1.82) is 0 Å². The third kappa shape index (κ3) is 4.48. The molecule has 138 valence electrons. The number of nitrogens with zero attached hydrogens (tertiary/aromatic N) is 1. The topological polar surface area (TPSA) is 50.8 Å². The molecule has 0 aromatic heterocycles. The van der Waals surface area contributed by atoms with Gasteiger partial charge in [-0.15, -0.1) is 0 Å². The highest BCUT2D eigenvalue weighted by molar-refractivity contribution is 6.30. The van der Waals surface area contributed by atoms with E-state index in [2.05, 4.69) is 5.32 Å². The lowest BCUT2D eigenvalue weighted by atomic mass is 10.0. The Morgan fingerprint density at radius 1 is 1.23 bits per heavy atom. The predicted molar refractivity (Wildman–Crippen MR) is 102 cm³/mol. The first-order chi connectivity index (χ1) is 12.7. The normalized spacial score (nSPS) is 17.0. The van der Waals surface area contributed by atoms with E-state index < -0.39 is 0 Å². The molecule has 2 aromatic carbocycles. The van der Waals surface area contributed by atoms with Gasteiger partial charge in [-0.1, -0.05) is 29.8 Å². The Morgan fingerprint density at radius 3 is 2.77 bits per heavy atom. The number of hydrogen-bond acceptors (Lipinski definition) is 4. The average molecular weight is 375 g/mol. The molecule has 1 aliphatic heterocycles. The maximum Gasteiger partial charge on any atom is 0.226 e. The zero-order valence-corrected chi connectivity index (χ0v) is 15.5. The van der Waals surface area contributed by atoms with Gasteiger partial charge in [-0.05, 0) is 30.3 Å². The minimum Gasteiger partial charge on any atom is -0.496 e. The first-order valence-corrected chi connectivity index (χ1v) is 9.08. The summed E-state index contributed by atoms with van der Waals surface area (Å²) in [5.74, 6) is 1.59. The van der Waals surface area contributed by atoms with Crippen molar-refractivity contribution < 1.29 is 14.3 Å². The molecule has 1 atom stereocenters. The predicted octanol–water partition coefficient (Wildman–Crippen LogP) is 3.29. The van der Waals surface area contributed by atoms with E-state index >= 15 is 0 Å². The molecule has 1 N–H and O–H groups in total. The number of rotatable bonds is 6. The van der Waals surface area contributed by atoms with Gasteiger partial charge in [-0.25, -0.2) is 0 Å². The maximum atomic E-state index is 12.8. The van der Waals surface area contributed by atoms with Crippen LogP contribution in [-0.4, -0.2) is 44.2 Å². The first kappa shape index (κ1) is 18.5. The summed E-state index contributed by atoms with van der Waals surface area (Å²) in [5, 5.41) is 4.02. The minimum atomic E-state index is -0.0390. The van der Waals surface area contributed by atoms with Gasteiger partial charge in [0.25, 0.3) is 0 Å². The summed E-state index contributed by atoms with van der Waals surface area (Å²) in [6.45, 7) is 2.51. The van der Waals surface area contributed by atoms with E-state index in [0.29, 0.717) is 36.9 Å². The second kappa shape index (κ2) is 8.92. The van der Waals surface area contributed by atoms with Gasteiger partial charge in [0.1, 0.15) is 11.5 Å². The van der Waals surface area contributed by atoms with Crippen LogP contribution >= 0.6 is 11.6 Å². The fourth-order valence-electron chi connectivity index (χ4n) is 3.15. The van der Waals surface area contributed by atoms with E-state index in [1.807, 2.05) is 29.2 Å².